The van der Waals surface area contributed by atoms with Crippen LogP contribution in [-0.2, 0) is 14.8 Å². The van der Waals surface area contributed by atoms with E-state index in [1.165, 1.54) is 40.6 Å². The summed E-state index contributed by atoms with van der Waals surface area (Å²) in [7, 11) is -3.61. The first kappa shape index (κ1) is 20.1. The summed E-state index contributed by atoms with van der Waals surface area (Å²) in [6.07, 6.45) is 5.15. The average Bonchev–Trinajstić information content (AvgIpc) is 3.01. The molecular weight excluding hydrogens is 410 g/mol. The minimum atomic E-state index is -3.61. The summed E-state index contributed by atoms with van der Waals surface area (Å²) in [6, 6.07) is 4.38. The Morgan fingerprint density at radius 1 is 1.26 bits per heavy atom. The van der Waals surface area contributed by atoms with Gasteiger partial charge in [-0.05, 0) is 31.0 Å². The summed E-state index contributed by atoms with van der Waals surface area (Å²) in [4.78, 5) is 16.2. The van der Waals surface area contributed by atoms with Gasteiger partial charge in [-0.2, -0.15) is 9.40 Å². The summed E-state index contributed by atoms with van der Waals surface area (Å²) in [5.74, 6) is -0.225. The molecule has 2 N–H and O–H groups in total. The average molecular weight is 430 g/mol. The largest absolute Gasteiger partial charge is 0.324 e. The number of sulfonamides is 1. The van der Waals surface area contributed by atoms with Crippen molar-refractivity contribution in [1.29, 1.82) is 0 Å². The van der Waals surface area contributed by atoms with Crippen LogP contribution in [-0.4, -0.2) is 52.7 Å². The van der Waals surface area contributed by atoms with E-state index in [2.05, 4.69) is 20.5 Å². The molecule has 11 heteroatoms. The van der Waals surface area contributed by atoms with Crippen molar-refractivity contribution in [3.05, 3.63) is 29.5 Å². The molecule has 2 heterocycles. The lowest BCUT2D eigenvalue weighted by molar-refractivity contribution is -0.113. The third kappa shape index (κ3) is 5.22. The lowest BCUT2D eigenvalue weighted by Gasteiger charge is -2.20. The molecule has 0 saturated carbocycles. The van der Waals surface area contributed by atoms with Crippen LogP contribution >= 0.6 is 23.4 Å². The summed E-state index contributed by atoms with van der Waals surface area (Å²) in [5.41, 5.74) is 0.274. The number of hydrogen-bond acceptors (Lipinski definition) is 6. The van der Waals surface area contributed by atoms with E-state index in [1.807, 2.05) is 0 Å². The molecule has 1 aliphatic rings. The predicted molar refractivity (Wildman–Crippen MR) is 104 cm³/mol. The maximum absolute atomic E-state index is 12.9. The summed E-state index contributed by atoms with van der Waals surface area (Å²) in [6.45, 7) is 1.03. The molecule has 2 aromatic rings. The molecule has 3 rings (SSSR count). The van der Waals surface area contributed by atoms with Gasteiger partial charge < -0.3 is 5.32 Å². The van der Waals surface area contributed by atoms with Gasteiger partial charge in [-0.3, -0.25) is 9.89 Å². The number of aromatic amines is 1. The highest BCUT2D eigenvalue weighted by atomic mass is 35.5. The second kappa shape index (κ2) is 9.05. The fourth-order valence-corrected chi connectivity index (χ4v) is 5.06. The number of halogens is 1. The maximum atomic E-state index is 12.9. The molecule has 1 saturated heterocycles. The third-order valence-corrected chi connectivity index (χ3v) is 7.25. The third-order valence-electron chi connectivity index (χ3n) is 4.15. The van der Waals surface area contributed by atoms with Crippen molar-refractivity contribution in [3.63, 3.8) is 0 Å². The molecule has 0 atom stereocenters. The van der Waals surface area contributed by atoms with Crippen molar-refractivity contribution in [1.82, 2.24) is 19.5 Å². The maximum Gasteiger partial charge on any atom is 0.243 e. The molecule has 146 valence electrons. The van der Waals surface area contributed by atoms with Crippen molar-refractivity contribution in [2.45, 2.75) is 35.7 Å². The van der Waals surface area contributed by atoms with E-state index in [0.717, 1.165) is 25.7 Å². The molecule has 1 fully saturated rings. The van der Waals surface area contributed by atoms with Crippen LogP contribution < -0.4 is 5.32 Å². The Hall–Kier alpha value is -1.62. The fourth-order valence-electron chi connectivity index (χ4n) is 2.78. The van der Waals surface area contributed by atoms with Crippen LogP contribution in [0.2, 0.25) is 5.02 Å². The van der Waals surface area contributed by atoms with Crippen LogP contribution in [0, 0.1) is 0 Å². The first-order valence-electron chi connectivity index (χ1n) is 8.54. The molecule has 0 spiro atoms. The number of anilines is 1. The van der Waals surface area contributed by atoms with E-state index in [4.69, 9.17) is 11.6 Å². The van der Waals surface area contributed by atoms with Gasteiger partial charge in [-0.1, -0.05) is 36.2 Å². The number of nitrogens with one attached hydrogen (secondary N) is 2. The van der Waals surface area contributed by atoms with Crippen LogP contribution in [0.25, 0.3) is 0 Å². The van der Waals surface area contributed by atoms with Crippen molar-refractivity contribution < 1.29 is 13.2 Å². The van der Waals surface area contributed by atoms with Crippen LogP contribution in [0.3, 0.4) is 0 Å². The number of carbonyl (C=O) groups is 1. The number of rotatable bonds is 6. The van der Waals surface area contributed by atoms with Crippen molar-refractivity contribution in [3.8, 4) is 0 Å². The number of amides is 1. The predicted octanol–water partition coefficient (Wildman–Crippen LogP) is 2.75. The van der Waals surface area contributed by atoms with E-state index >= 15 is 0 Å². The fraction of sp³-hybridized carbons (Fsp3) is 0.438. The van der Waals surface area contributed by atoms with Gasteiger partial charge in [0.25, 0.3) is 0 Å². The van der Waals surface area contributed by atoms with Crippen molar-refractivity contribution in [2.75, 3.05) is 24.2 Å². The highest BCUT2D eigenvalue weighted by Crippen LogP contribution is 2.28. The molecule has 1 aromatic carbocycles. The second-order valence-electron chi connectivity index (χ2n) is 6.09. The van der Waals surface area contributed by atoms with Gasteiger partial charge in [-0.15, -0.1) is 0 Å². The topological polar surface area (TPSA) is 108 Å². The molecule has 1 amide bonds. The Labute approximate surface area is 167 Å². The molecule has 0 unspecified atom stereocenters. The van der Waals surface area contributed by atoms with Crippen LogP contribution in [0.4, 0.5) is 5.69 Å². The molecular formula is C16H20ClN5O3S2. The molecule has 1 aromatic heterocycles. The summed E-state index contributed by atoms with van der Waals surface area (Å²) in [5, 5.41) is 9.82. The van der Waals surface area contributed by atoms with E-state index in [9.17, 15) is 13.2 Å². The van der Waals surface area contributed by atoms with Gasteiger partial charge in [0, 0.05) is 13.1 Å². The summed E-state index contributed by atoms with van der Waals surface area (Å²) < 4.78 is 27.3. The van der Waals surface area contributed by atoms with Crippen LogP contribution in [0.5, 0.6) is 0 Å². The van der Waals surface area contributed by atoms with Crippen LogP contribution in [0.15, 0.2) is 34.6 Å². The lowest BCUT2D eigenvalue weighted by Crippen LogP contribution is -2.32. The van der Waals surface area contributed by atoms with E-state index < -0.39 is 10.0 Å². The number of aromatic nitrogens is 3. The molecule has 0 aliphatic carbocycles. The number of thioether (sulfide) groups is 1. The molecule has 0 radical (unpaired) electrons. The van der Waals surface area contributed by atoms with Gasteiger partial charge >= 0.3 is 0 Å². The number of nitrogens with zero attached hydrogens (tertiary/aromatic N) is 3. The van der Waals surface area contributed by atoms with E-state index in [1.54, 1.807) is 0 Å². The number of hydrogen-bond donors (Lipinski definition) is 2. The minimum absolute atomic E-state index is 0.0919. The van der Waals surface area contributed by atoms with E-state index in [-0.39, 0.29) is 27.3 Å². The highest BCUT2D eigenvalue weighted by Gasteiger charge is 2.26. The monoisotopic (exact) mass is 429 g/mol. The van der Waals surface area contributed by atoms with Gasteiger partial charge in [-0.25, -0.2) is 13.4 Å². The number of benzene rings is 1. The van der Waals surface area contributed by atoms with Gasteiger partial charge in [0.1, 0.15) is 6.33 Å². The van der Waals surface area contributed by atoms with E-state index in [0.29, 0.717) is 18.2 Å². The quantitative estimate of drug-likeness (QED) is 0.683. The Bertz CT molecular complexity index is 881. The Morgan fingerprint density at radius 3 is 2.67 bits per heavy atom. The van der Waals surface area contributed by atoms with Gasteiger partial charge in [0.2, 0.25) is 15.9 Å². The Morgan fingerprint density at radius 2 is 2.00 bits per heavy atom. The normalized spacial score (nSPS) is 16.0. The first-order chi connectivity index (χ1) is 13.0. The van der Waals surface area contributed by atoms with Crippen LogP contribution in [0.1, 0.15) is 25.7 Å². The van der Waals surface area contributed by atoms with Crippen molar-refractivity contribution >= 4 is 45.0 Å². The molecule has 8 nitrogen and oxygen atoms in total. The van der Waals surface area contributed by atoms with Gasteiger partial charge in [0.05, 0.1) is 21.4 Å². The lowest BCUT2D eigenvalue weighted by atomic mass is 10.2. The number of carbonyl (C=O) groups excluding carboxylic acids is 1. The Balaban J connectivity index is 1.72. The molecule has 1 aliphatic heterocycles. The zero-order valence-corrected chi connectivity index (χ0v) is 16.9. The zero-order valence-electron chi connectivity index (χ0n) is 14.5. The summed E-state index contributed by atoms with van der Waals surface area (Å²) >= 11 is 7.33. The zero-order chi connectivity index (χ0) is 19.3. The Kier molecular flexibility index (Phi) is 6.74. The highest BCUT2D eigenvalue weighted by molar-refractivity contribution is 7.99. The first-order valence-corrected chi connectivity index (χ1v) is 11.3. The van der Waals surface area contributed by atoms with Crippen molar-refractivity contribution in [2.24, 2.45) is 0 Å². The van der Waals surface area contributed by atoms with Gasteiger partial charge in [0.15, 0.2) is 5.16 Å². The second-order valence-corrected chi connectivity index (χ2v) is 9.40. The molecule has 0 bridgehead atoms. The minimum Gasteiger partial charge on any atom is -0.324 e. The molecule has 27 heavy (non-hydrogen) atoms. The smallest absolute Gasteiger partial charge is 0.243 e. The number of H-pyrrole nitrogens is 1. The standard InChI is InChI=1S/C16H20ClN5O3S2/c17-13-6-5-12(27(24,25)22-7-3-1-2-4-8-22)9-14(13)20-15(23)10-26-16-18-11-19-21-16/h5-6,9,11H,1-4,7-8,10H2,(H,20,23)(H,18,19,21). The SMILES string of the molecule is O=C(CSc1ncn[nH]1)Nc1cc(S(=O)(=O)N2CCCCCC2)ccc1Cl.